The zero-order chi connectivity index (χ0) is 37.9. The third kappa shape index (κ3) is 5.60. The summed E-state index contributed by atoms with van der Waals surface area (Å²) >= 11 is 0. The summed E-state index contributed by atoms with van der Waals surface area (Å²) in [4.78, 5) is 15.5. The van der Waals surface area contributed by atoms with Crippen molar-refractivity contribution < 1.29 is 0 Å². The highest BCUT2D eigenvalue weighted by atomic mass is 15.0. The maximum atomic E-state index is 9.98. The molecular weight excluding hydrogens is 681 g/mol. The fourth-order valence-electron chi connectivity index (χ4n) is 11.1. The normalized spacial score (nSPS) is 23.5. The van der Waals surface area contributed by atoms with Crippen molar-refractivity contribution in [2.24, 2.45) is 17.8 Å². The first-order valence-electron chi connectivity index (χ1n) is 20.2. The largest absolute Gasteiger partial charge is 0.208 e. The van der Waals surface area contributed by atoms with Gasteiger partial charge in [-0.1, -0.05) is 147 Å². The van der Waals surface area contributed by atoms with Crippen LogP contribution in [0.2, 0.25) is 0 Å². The minimum atomic E-state index is -0.606. The summed E-state index contributed by atoms with van der Waals surface area (Å²) in [5, 5.41) is 9.98. The molecule has 4 heteroatoms. The molecule has 4 nitrogen and oxygen atoms in total. The van der Waals surface area contributed by atoms with Crippen LogP contribution in [0.5, 0.6) is 0 Å². The van der Waals surface area contributed by atoms with Crippen molar-refractivity contribution in [3.05, 3.63) is 185 Å². The zero-order valence-corrected chi connectivity index (χ0v) is 32.0. The van der Waals surface area contributed by atoms with E-state index in [1.807, 2.05) is 36.4 Å². The van der Waals surface area contributed by atoms with Crippen molar-refractivity contribution in [2.45, 2.75) is 56.8 Å². The number of aromatic nitrogens is 3. The molecule has 10 rings (SSSR count). The molecule has 2 saturated carbocycles. The average molecular weight is 725 g/mol. The Morgan fingerprint density at radius 1 is 0.500 bits per heavy atom. The van der Waals surface area contributed by atoms with Gasteiger partial charge in [-0.2, -0.15) is 5.26 Å². The van der Waals surface area contributed by atoms with Gasteiger partial charge < -0.3 is 0 Å². The highest BCUT2D eigenvalue weighted by Gasteiger charge is 2.47. The molecular formula is C52H44N4. The fourth-order valence-corrected chi connectivity index (χ4v) is 11.1. The van der Waals surface area contributed by atoms with Gasteiger partial charge in [0.1, 0.15) is 0 Å². The molecule has 1 aromatic heterocycles. The molecule has 2 bridgehead atoms. The van der Waals surface area contributed by atoms with Gasteiger partial charge in [-0.05, 0) is 112 Å². The lowest BCUT2D eigenvalue weighted by Crippen LogP contribution is -2.42. The van der Waals surface area contributed by atoms with Crippen LogP contribution in [-0.4, -0.2) is 15.0 Å². The number of rotatable bonds is 6. The number of nitriles is 1. The standard InChI is InChI=1S/C52H44N4/c1-34-26-37-27-35(2)31-51(30-34,32-37)41-23-20-39(21-24-41)49-54-48(38-13-5-3-6-14-38)55-50(56-49)40-22-25-47-45(29-40)44-18-9-10-19-46(44)52(47,42-15-7-4-8-16-42)43-17-11-12-36(28-43)33-53/h3-25,28-29,34-35,37H,26-27,30-32H2,1-2H3/t34-,35+,37?,51?,52?. The Kier molecular flexibility index (Phi) is 8.29. The van der Waals surface area contributed by atoms with E-state index in [1.54, 1.807) is 0 Å². The topological polar surface area (TPSA) is 62.5 Å². The Bertz CT molecular complexity index is 2600. The number of fused-ring (bicyclic) bond motifs is 5. The van der Waals surface area contributed by atoms with Crippen LogP contribution >= 0.6 is 0 Å². The van der Waals surface area contributed by atoms with Crippen molar-refractivity contribution in [1.82, 2.24) is 15.0 Å². The molecule has 6 aromatic carbocycles. The van der Waals surface area contributed by atoms with E-state index in [0.717, 1.165) is 51.1 Å². The van der Waals surface area contributed by atoms with Gasteiger partial charge in [0.2, 0.25) is 0 Å². The summed E-state index contributed by atoms with van der Waals surface area (Å²) in [7, 11) is 0. The van der Waals surface area contributed by atoms with Crippen molar-refractivity contribution >= 4 is 0 Å². The minimum absolute atomic E-state index is 0.267. The molecule has 5 atom stereocenters. The van der Waals surface area contributed by atoms with E-state index in [4.69, 9.17) is 15.0 Å². The van der Waals surface area contributed by atoms with Crippen LogP contribution in [0.4, 0.5) is 0 Å². The Morgan fingerprint density at radius 3 is 1.77 bits per heavy atom. The molecule has 3 aliphatic carbocycles. The van der Waals surface area contributed by atoms with Crippen molar-refractivity contribution in [1.29, 1.82) is 5.26 Å². The van der Waals surface area contributed by atoms with E-state index < -0.39 is 5.41 Å². The molecule has 0 spiro atoms. The fraction of sp³-hybridized carbons (Fsp3) is 0.231. The summed E-state index contributed by atoms with van der Waals surface area (Å²) in [6.07, 6.45) is 6.60. The molecule has 56 heavy (non-hydrogen) atoms. The third-order valence-corrected chi connectivity index (χ3v) is 13.0. The van der Waals surface area contributed by atoms with Crippen LogP contribution in [0.15, 0.2) is 152 Å². The molecule has 0 aliphatic heterocycles. The quantitative estimate of drug-likeness (QED) is 0.171. The lowest BCUT2D eigenvalue weighted by Gasteiger charge is -2.50. The Balaban J connectivity index is 1.12. The smallest absolute Gasteiger partial charge is 0.164 e. The second-order valence-corrected chi connectivity index (χ2v) is 16.8. The molecule has 3 unspecified atom stereocenters. The lowest BCUT2D eigenvalue weighted by atomic mass is 9.54. The maximum Gasteiger partial charge on any atom is 0.164 e. The van der Waals surface area contributed by atoms with Gasteiger partial charge in [0.25, 0.3) is 0 Å². The van der Waals surface area contributed by atoms with Gasteiger partial charge in [-0.15, -0.1) is 0 Å². The molecule has 3 aliphatic rings. The summed E-state index contributed by atoms with van der Waals surface area (Å²) in [6.45, 7) is 4.90. The Hall–Kier alpha value is -6.18. The predicted molar refractivity (Wildman–Crippen MR) is 225 cm³/mol. The first-order valence-corrected chi connectivity index (χ1v) is 20.2. The summed E-state index contributed by atoms with van der Waals surface area (Å²) in [5.41, 5.74) is 11.6. The second kappa shape index (κ2) is 13.5. The van der Waals surface area contributed by atoms with Crippen molar-refractivity contribution in [3.8, 4) is 51.4 Å². The molecule has 0 amide bonds. The van der Waals surface area contributed by atoms with E-state index in [1.165, 1.54) is 54.4 Å². The van der Waals surface area contributed by atoms with Gasteiger partial charge in [0.05, 0.1) is 17.0 Å². The molecule has 0 saturated heterocycles. The first kappa shape index (κ1) is 34.3. The lowest BCUT2D eigenvalue weighted by molar-refractivity contribution is 0.0780. The molecule has 7 aromatic rings. The van der Waals surface area contributed by atoms with Gasteiger partial charge in [-0.25, -0.2) is 15.0 Å². The zero-order valence-electron chi connectivity index (χ0n) is 32.0. The van der Waals surface area contributed by atoms with Gasteiger partial charge in [0.15, 0.2) is 17.5 Å². The summed E-state index contributed by atoms with van der Waals surface area (Å²) < 4.78 is 0. The minimum Gasteiger partial charge on any atom is -0.208 e. The summed E-state index contributed by atoms with van der Waals surface area (Å²) in [6, 6.07) is 56.0. The van der Waals surface area contributed by atoms with E-state index in [-0.39, 0.29) is 5.41 Å². The van der Waals surface area contributed by atoms with Gasteiger partial charge in [0, 0.05) is 16.7 Å². The molecule has 1 heterocycles. The van der Waals surface area contributed by atoms with Crippen LogP contribution in [0.3, 0.4) is 0 Å². The third-order valence-electron chi connectivity index (χ3n) is 13.0. The number of nitrogens with zero attached hydrogens (tertiary/aromatic N) is 4. The Labute approximate surface area is 330 Å². The van der Waals surface area contributed by atoms with Crippen LogP contribution in [0, 0.1) is 29.1 Å². The average Bonchev–Trinajstić information content (AvgIpc) is 3.54. The van der Waals surface area contributed by atoms with E-state index in [2.05, 4.69) is 135 Å². The van der Waals surface area contributed by atoms with E-state index in [9.17, 15) is 5.26 Å². The SMILES string of the molecule is C[C@@H]1CC2C[C@H](C)CC(c3ccc(-c4nc(-c5ccccc5)nc(-c5ccc6c(c5)-c5ccccc5C6(c5ccccc5)c5cccc(C#N)c5)n4)cc3)(C2)C1. The number of benzene rings is 6. The van der Waals surface area contributed by atoms with Crippen LogP contribution in [0.25, 0.3) is 45.3 Å². The van der Waals surface area contributed by atoms with Gasteiger partial charge >= 0.3 is 0 Å². The monoisotopic (exact) mass is 724 g/mol. The highest BCUT2D eigenvalue weighted by Crippen LogP contribution is 2.57. The van der Waals surface area contributed by atoms with Crippen molar-refractivity contribution in [3.63, 3.8) is 0 Å². The molecule has 2 fully saturated rings. The molecule has 272 valence electrons. The number of hydrogen-bond donors (Lipinski definition) is 0. The predicted octanol–water partition coefficient (Wildman–Crippen LogP) is 12.2. The van der Waals surface area contributed by atoms with Crippen LogP contribution in [0.1, 0.15) is 79.3 Å². The Morgan fingerprint density at radius 2 is 1.07 bits per heavy atom. The molecule has 0 radical (unpaired) electrons. The molecule has 0 N–H and O–H groups in total. The maximum absolute atomic E-state index is 9.98. The highest BCUT2D eigenvalue weighted by molar-refractivity contribution is 5.88. The van der Waals surface area contributed by atoms with Gasteiger partial charge in [-0.3, -0.25) is 0 Å². The first-order chi connectivity index (χ1) is 27.4. The van der Waals surface area contributed by atoms with Crippen molar-refractivity contribution in [2.75, 3.05) is 0 Å². The summed E-state index contributed by atoms with van der Waals surface area (Å²) in [5.74, 6) is 4.34. The van der Waals surface area contributed by atoms with Crippen LogP contribution < -0.4 is 0 Å². The second-order valence-electron chi connectivity index (χ2n) is 16.8. The van der Waals surface area contributed by atoms with Crippen LogP contribution in [-0.2, 0) is 10.8 Å². The van der Waals surface area contributed by atoms with E-state index >= 15 is 0 Å². The van der Waals surface area contributed by atoms with E-state index in [0.29, 0.717) is 23.0 Å². The number of hydrogen-bond acceptors (Lipinski definition) is 4.